The van der Waals surface area contributed by atoms with Gasteiger partial charge in [-0.2, -0.15) is 0 Å². The third-order valence-corrected chi connectivity index (χ3v) is 6.28. The number of hydrogen-bond donors (Lipinski definition) is 2. The Morgan fingerprint density at radius 3 is 2.57 bits per heavy atom. The Morgan fingerprint density at radius 1 is 1.26 bits per heavy atom. The zero-order valence-corrected chi connectivity index (χ0v) is 16.5. The molecule has 1 aliphatic rings. The summed E-state index contributed by atoms with van der Waals surface area (Å²) in [6, 6.07) is 0.730. The molecule has 5 nitrogen and oxygen atoms in total. The van der Waals surface area contributed by atoms with E-state index in [0.717, 1.165) is 31.5 Å². The van der Waals surface area contributed by atoms with Crippen LogP contribution in [0.2, 0.25) is 0 Å². The van der Waals surface area contributed by atoms with Gasteiger partial charge in [-0.1, -0.05) is 6.42 Å². The van der Waals surface area contributed by atoms with Crippen LogP contribution in [0.5, 0.6) is 0 Å². The molecule has 1 fully saturated rings. The molecule has 6 heteroatoms. The summed E-state index contributed by atoms with van der Waals surface area (Å²) in [4.78, 5) is 6.82. The van der Waals surface area contributed by atoms with E-state index in [0.29, 0.717) is 12.3 Å². The van der Waals surface area contributed by atoms with Crippen LogP contribution in [0.1, 0.15) is 53.4 Å². The quantitative estimate of drug-likeness (QED) is 0.421. The van der Waals surface area contributed by atoms with Gasteiger partial charge in [0, 0.05) is 54.0 Å². The number of aliphatic imine (C=N–C) groups is 1. The van der Waals surface area contributed by atoms with Gasteiger partial charge >= 0.3 is 0 Å². The van der Waals surface area contributed by atoms with Crippen LogP contribution in [-0.2, 0) is 10.8 Å². The van der Waals surface area contributed by atoms with Crippen molar-refractivity contribution in [3.8, 4) is 0 Å². The van der Waals surface area contributed by atoms with Crippen LogP contribution in [-0.4, -0.2) is 64.8 Å². The highest BCUT2D eigenvalue weighted by Crippen LogP contribution is 2.16. The number of guanidine groups is 1. The molecule has 1 rings (SSSR count). The topological polar surface area (TPSA) is 56.7 Å². The standard InChI is InChI=1S/C17H36N4OS/c1-15-9-6-7-12-21(15)13-8-10-19-16(18-5)20-11-14-23(22)17(2,3)4/h15H,6-14H2,1-5H3,(H2,18,19,20). The summed E-state index contributed by atoms with van der Waals surface area (Å²) < 4.78 is 11.9. The second-order valence-corrected chi connectivity index (χ2v) is 9.65. The summed E-state index contributed by atoms with van der Waals surface area (Å²) in [7, 11) is 0.958. The van der Waals surface area contributed by atoms with Crippen molar-refractivity contribution < 1.29 is 4.21 Å². The van der Waals surface area contributed by atoms with Crippen LogP contribution >= 0.6 is 0 Å². The van der Waals surface area contributed by atoms with Crippen LogP contribution in [0, 0.1) is 0 Å². The molecule has 0 aliphatic carbocycles. The molecule has 136 valence electrons. The Labute approximate surface area is 145 Å². The van der Waals surface area contributed by atoms with Crippen molar-refractivity contribution >= 4 is 16.8 Å². The lowest BCUT2D eigenvalue weighted by Gasteiger charge is -2.33. The first-order valence-corrected chi connectivity index (χ1v) is 10.2. The van der Waals surface area contributed by atoms with E-state index in [1.807, 2.05) is 20.8 Å². The second-order valence-electron chi connectivity index (χ2n) is 7.32. The van der Waals surface area contributed by atoms with Crippen molar-refractivity contribution in [1.82, 2.24) is 15.5 Å². The van der Waals surface area contributed by atoms with Gasteiger partial charge in [-0.05, 0) is 53.5 Å². The van der Waals surface area contributed by atoms with E-state index in [4.69, 9.17) is 0 Å². The van der Waals surface area contributed by atoms with Crippen LogP contribution < -0.4 is 10.6 Å². The molecule has 2 unspecified atom stereocenters. The van der Waals surface area contributed by atoms with Gasteiger partial charge in [-0.3, -0.25) is 9.20 Å². The number of likely N-dealkylation sites (tertiary alicyclic amines) is 1. The number of rotatable bonds is 7. The maximum Gasteiger partial charge on any atom is 0.191 e. The van der Waals surface area contributed by atoms with E-state index in [-0.39, 0.29) is 4.75 Å². The number of nitrogens with zero attached hydrogens (tertiary/aromatic N) is 2. The van der Waals surface area contributed by atoms with E-state index >= 15 is 0 Å². The minimum absolute atomic E-state index is 0.149. The van der Waals surface area contributed by atoms with Gasteiger partial charge in [0.15, 0.2) is 5.96 Å². The van der Waals surface area contributed by atoms with Crippen molar-refractivity contribution in [2.24, 2.45) is 4.99 Å². The van der Waals surface area contributed by atoms with E-state index in [1.165, 1.54) is 25.8 Å². The largest absolute Gasteiger partial charge is 0.356 e. The molecular formula is C17H36N4OS. The Morgan fingerprint density at radius 2 is 1.96 bits per heavy atom. The first-order chi connectivity index (χ1) is 10.8. The van der Waals surface area contributed by atoms with Crippen LogP contribution in [0.25, 0.3) is 0 Å². The van der Waals surface area contributed by atoms with Gasteiger partial charge in [-0.25, -0.2) is 0 Å². The minimum Gasteiger partial charge on any atom is -0.356 e. The van der Waals surface area contributed by atoms with Crippen molar-refractivity contribution in [3.05, 3.63) is 0 Å². The lowest BCUT2D eigenvalue weighted by atomic mass is 10.0. The summed E-state index contributed by atoms with van der Waals surface area (Å²) in [6.45, 7) is 12.4. The fraction of sp³-hybridized carbons (Fsp3) is 0.941. The van der Waals surface area contributed by atoms with Gasteiger partial charge in [0.2, 0.25) is 0 Å². The smallest absolute Gasteiger partial charge is 0.191 e. The molecule has 0 saturated carbocycles. The van der Waals surface area contributed by atoms with Crippen LogP contribution in [0.3, 0.4) is 0 Å². The van der Waals surface area contributed by atoms with Gasteiger partial charge in [-0.15, -0.1) is 0 Å². The van der Waals surface area contributed by atoms with Gasteiger partial charge in [0.1, 0.15) is 0 Å². The lowest BCUT2D eigenvalue weighted by molar-refractivity contribution is 0.159. The van der Waals surface area contributed by atoms with E-state index in [2.05, 4.69) is 27.4 Å². The average molecular weight is 345 g/mol. The Hall–Kier alpha value is -0.620. The molecular weight excluding hydrogens is 308 g/mol. The first-order valence-electron chi connectivity index (χ1n) is 8.91. The zero-order chi connectivity index (χ0) is 17.3. The summed E-state index contributed by atoms with van der Waals surface area (Å²) in [5, 5.41) is 6.60. The predicted molar refractivity (Wildman–Crippen MR) is 102 cm³/mol. The molecule has 23 heavy (non-hydrogen) atoms. The molecule has 0 bridgehead atoms. The Balaban J connectivity index is 2.15. The summed E-state index contributed by atoms with van der Waals surface area (Å²) in [5.41, 5.74) is 0. The predicted octanol–water partition coefficient (Wildman–Crippen LogP) is 1.96. The molecule has 0 amide bonds. The molecule has 1 saturated heterocycles. The SMILES string of the molecule is CN=C(NCCCN1CCCCC1C)NCCS(=O)C(C)(C)C. The van der Waals surface area contributed by atoms with E-state index in [1.54, 1.807) is 7.05 Å². The molecule has 2 N–H and O–H groups in total. The maximum absolute atomic E-state index is 12.0. The molecule has 1 heterocycles. The summed E-state index contributed by atoms with van der Waals surface area (Å²) in [5.74, 6) is 1.46. The summed E-state index contributed by atoms with van der Waals surface area (Å²) >= 11 is 0. The van der Waals surface area contributed by atoms with Crippen molar-refractivity contribution in [2.45, 2.75) is 64.2 Å². The Bertz CT molecular complexity index is 393. The molecule has 2 atom stereocenters. The molecule has 1 aliphatic heterocycles. The van der Waals surface area contributed by atoms with Crippen LogP contribution in [0.4, 0.5) is 0 Å². The maximum atomic E-state index is 12.0. The molecule has 0 aromatic heterocycles. The highest BCUT2D eigenvalue weighted by molar-refractivity contribution is 7.86. The average Bonchev–Trinajstić information content (AvgIpc) is 2.50. The molecule has 0 spiro atoms. The number of hydrogen-bond acceptors (Lipinski definition) is 3. The number of piperidine rings is 1. The molecule has 0 radical (unpaired) electrons. The molecule has 0 aromatic carbocycles. The van der Waals surface area contributed by atoms with E-state index < -0.39 is 10.8 Å². The first kappa shape index (κ1) is 20.4. The molecule has 0 aromatic rings. The van der Waals surface area contributed by atoms with Gasteiger partial charge in [0.25, 0.3) is 0 Å². The van der Waals surface area contributed by atoms with Crippen molar-refractivity contribution in [1.29, 1.82) is 0 Å². The van der Waals surface area contributed by atoms with Crippen LogP contribution in [0.15, 0.2) is 4.99 Å². The van der Waals surface area contributed by atoms with E-state index in [9.17, 15) is 4.21 Å². The Kier molecular flexibility index (Phi) is 9.14. The normalized spacial score (nSPS) is 22.0. The minimum atomic E-state index is -0.822. The highest BCUT2D eigenvalue weighted by Gasteiger charge is 2.19. The fourth-order valence-corrected chi connectivity index (χ4v) is 3.67. The summed E-state index contributed by atoms with van der Waals surface area (Å²) in [6.07, 6.45) is 5.18. The van der Waals surface area contributed by atoms with Crippen molar-refractivity contribution in [3.63, 3.8) is 0 Å². The second kappa shape index (κ2) is 10.3. The van der Waals surface area contributed by atoms with Gasteiger partial charge < -0.3 is 15.5 Å². The lowest BCUT2D eigenvalue weighted by Crippen LogP contribution is -2.42. The third kappa shape index (κ3) is 8.15. The monoisotopic (exact) mass is 344 g/mol. The zero-order valence-electron chi connectivity index (χ0n) is 15.7. The third-order valence-electron chi connectivity index (χ3n) is 4.34. The fourth-order valence-electron chi connectivity index (χ4n) is 2.77. The van der Waals surface area contributed by atoms with Crippen molar-refractivity contribution in [2.75, 3.05) is 39.0 Å². The van der Waals surface area contributed by atoms with Gasteiger partial charge in [0.05, 0.1) is 0 Å². The highest BCUT2D eigenvalue weighted by atomic mass is 32.2. The number of nitrogens with one attached hydrogen (secondary N) is 2.